The van der Waals surface area contributed by atoms with Gasteiger partial charge in [0, 0.05) is 12.4 Å². The Bertz CT molecular complexity index is 385. The molecule has 5 heteroatoms. The largest absolute Gasteiger partial charge is 0.481 e. The first-order chi connectivity index (χ1) is 7.60. The number of carboxylic acid groups (broad SMARTS) is 1. The third kappa shape index (κ3) is 2.29. The lowest BCUT2D eigenvalue weighted by atomic mass is 9.74. The van der Waals surface area contributed by atoms with Crippen molar-refractivity contribution in [3.8, 4) is 0 Å². The Morgan fingerprint density at radius 1 is 1.50 bits per heavy atom. The van der Waals surface area contributed by atoms with Crippen molar-refractivity contribution in [3.05, 3.63) is 18.0 Å². The van der Waals surface area contributed by atoms with Gasteiger partial charge in [0.15, 0.2) is 0 Å². The topological polar surface area (TPSA) is 75.1 Å². The average molecular weight is 221 g/mol. The highest BCUT2D eigenvalue weighted by molar-refractivity contribution is 5.69. The fraction of sp³-hybridized carbons (Fsp3) is 0.545. The van der Waals surface area contributed by atoms with Crippen LogP contribution in [-0.4, -0.2) is 26.6 Å². The zero-order chi connectivity index (χ0) is 11.6. The summed E-state index contributed by atoms with van der Waals surface area (Å²) in [7, 11) is 0. The molecular weight excluding hydrogens is 206 g/mol. The fourth-order valence-electron chi connectivity index (χ4n) is 1.93. The van der Waals surface area contributed by atoms with Crippen molar-refractivity contribution in [1.29, 1.82) is 0 Å². The standard InChI is InChI=1S/C11H15N3O2/c1-8-6-12-10(13-7-8)14-11(3-2-4-11)5-9(15)16/h6-7H,2-5H2,1H3,(H,15,16)(H,12,13,14). The summed E-state index contributed by atoms with van der Waals surface area (Å²) in [6.45, 7) is 1.92. The second-order valence-electron chi connectivity index (χ2n) is 4.41. The van der Waals surface area contributed by atoms with Gasteiger partial charge in [0.2, 0.25) is 5.95 Å². The maximum absolute atomic E-state index is 10.8. The van der Waals surface area contributed by atoms with E-state index in [9.17, 15) is 4.79 Å². The molecule has 2 N–H and O–H groups in total. The third-order valence-corrected chi connectivity index (χ3v) is 2.96. The molecule has 0 unspecified atom stereocenters. The molecule has 0 bridgehead atoms. The number of aliphatic carboxylic acids is 1. The molecule has 1 heterocycles. The Labute approximate surface area is 93.9 Å². The zero-order valence-electron chi connectivity index (χ0n) is 9.23. The number of hydrogen-bond acceptors (Lipinski definition) is 4. The summed E-state index contributed by atoms with van der Waals surface area (Å²) in [6, 6.07) is 0. The zero-order valence-corrected chi connectivity index (χ0v) is 9.23. The van der Waals surface area contributed by atoms with E-state index in [1.165, 1.54) is 0 Å². The van der Waals surface area contributed by atoms with Gasteiger partial charge in [-0.3, -0.25) is 4.79 Å². The van der Waals surface area contributed by atoms with Crippen LogP contribution in [-0.2, 0) is 4.79 Å². The Kier molecular flexibility index (Phi) is 2.77. The minimum Gasteiger partial charge on any atom is -0.481 e. The van der Waals surface area contributed by atoms with Gasteiger partial charge in [-0.2, -0.15) is 0 Å². The van der Waals surface area contributed by atoms with E-state index in [0.717, 1.165) is 24.8 Å². The molecule has 0 saturated heterocycles. The SMILES string of the molecule is Cc1cnc(NC2(CC(=O)O)CCC2)nc1. The number of carboxylic acids is 1. The lowest BCUT2D eigenvalue weighted by molar-refractivity contribution is -0.138. The first-order valence-electron chi connectivity index (χ1n) is 5.38. The maximum atomic E-state index is 10.8. The maximum Gasteiger partial charge on any atom is 0.305 e. The monoisotopic (exact) mass is 221 g/mol. The number of anilines is 1. The molecule has 86 valence electrons. The van der Waals surface area contributed by atoms with Gasteiger partial charge in [-0.15, -0.1) is 0 Å². The Morgan fingerprint density at radius 3 is 2.56 bits per heavy atom. The van der Waals surface area contributed by atoms with Crippen LogP contribution >= 0.6 is 0 Å². The minimum absolute atomic E-state index is 0.129. The average Bonchev–Trinajstić information content (AvgIpc) is 2.17. The lowest BCUT2D eigenvalue weighted by Crippen LogP contribution is -2.47. The molecule has 1 aliphatic carbocycles. The second kappa shape index (κ2) is 4.08. The van der Waals surface area contributed by atoms with E-state index < -0.39 is 5.97 Å². The third-order valence-electron chi connectivity index (χ3n) is 2.96. The summed E-state index contributed by atoms with van der Waals surface area (Å²) in [5, 5.41) is 12.0. The quantitative estimate of drug-likeness (QED) is 0.807. The highest BCUT2D eigenvalue weighted by atomic mass is 16.4. The first-order valence-corrected chi connectivity index (χ1v) is 5.38. The molecule has 1 aromatic heterocycles. The van der Waals surface area contributed by atoms with Crippen molar-refractivity contribution < 1.29 is 9.90 Å². The number of aromatic nitrogens is 2. The fourth-order valence-corrected chi connectivity index (χ4v) is 1.93. The van der Waals surface area contributed by atoms with Gasteiger partial charge in [0.1, 0.15) is 0 Å². The van der Waals surface area contributed by atoms with Crippen molar-refractivity contribution in [2.75, 3.05) is 5.32 Å². The van der Waals surface area contributed by atoms with Crippen LogP contribution in [0.15, 0.2) is 12.4 Å². The van der Waals surface area contributed by atoms with Crippen molar-refractivity contribution in [2.24, 2.45) is 0 Å². The highest BCUT2D eigenvalue weighted by Gasteiger charge is 2.39. The number of rotatable bonds is 4. The van der Waals surface area contributed by atoms with E-state index in [1.807, 2.05) is 6.92 Å². The molecule has 0 atom stereocenters. The molecule has 0 spiro atoms. The van der Waals surface area contributed by atoms with Crippen LogP contribution < -0.4 is 5.32 Å². The molecule has 5 nitrogen and oxygen atoms in total. The summed E-state index contributed by atoms with van der Waals surface area (Å²) < 4.78 is 0. The van der Waals surface area contributed by atoms with Gasteiger partial charge in [0.05, 0.1) is 12.0 Å². The smallest absolute Gasteiger partial charge is 0.305 e. The number of nitrogens with one attached hydrogen (secondary N) is 1. The summed E-state index contributed by atoms with van der Waals surface area (Å²) in [4.78, 5) is 19.0. The van der Waals surface area contributed by atoms with Crippen LogP contribution in [0.4, 0.5) is 5.95 Å². The van der Waals surface area contributed by atoms with Gasteiger partial charge in [-0.25, -0.2) is 9.97 Å². The van der Waals surface area contributed by atoms with E-state index in [1.54, 1.807) is 12.4 Å². The molecule has 0 amide bonds. The Morgan fingerprint density at radius 2 is 2.12 bits per heavy atom. The number of hydrogen-bond donors (Lipinski definition) is 2. The van der Waals surface area contributed by atoms with E-state index in [0.29, 0.717) is 5.95 Å². The predicted octanol–water partition coefficient (Wildman–Crippen LogP) is 1.59. The normalized spacial score (nSPS) is 17.6. The van der Waals surface area contributed by atoms with Crippen LogP contribution in [0, 0.1) is 6.92 Å². The molecule has 1 aliphatic rings. The molecule has 16 heavy (non-hydrogen) atoms. The molecule has 0 aliphatic heterocycles. The molecule has 1 aromatic rings. The predicted molar refractivity (Wildman–Crippen MR) is 59.2 cm³/mol. The van der Waals surface area contributed by atoms with Gasteiger partial charge >= 0.3 is 5.97 Å². The first kappa shape index (κ1) is 10.9. The van der Waals surface area contributed by atoms with E-state index in [-0.39, 0.29) is 12.0 Å². The van der Waals surface area contributed by atoms with Crippen LogP contribution in [0.25, 0.3) is 0 Å². The number of carbonyl (C=O) groups is 1. The van der Waals surface area contributed by atoms with E-state index in [2.05, 4.69) is 15.3 Å². The molecule has 0 aromatic carbocycles. The Balaban J connectivity index is 2.06. The summed E-state index contributed by atoms with van der Waals surface area (Å²) in [5.74, 6) is -0.258. The van der Waals surface area contributed by atoms with Gasteiger partial charge < -0.3 is 10.4 Å². The van der Waals surface area contributed by atoms with Gasteiger partial charge in [-0.1, -0.05) is 0 Å². The van der Waals surface area contributed by atoms with Crippen LogP contribution in [0.2, 0.25) is 0 Å². The van der Waals surface area contributed by atoms with Crippen molar-refractivity contribution in [2.45, 2.75) is 38.1 Å². The van der Waals surface area contributed by atoms with Crippen molar-refractivity contribution in [1.82, 2.24) is 9.97 Å². The molecule has 1 saturated carbocycles. The number of nitrogens with zero attached hydrogens (tertiary/aromatic N) is 2. The van der Waals surface area contributed by atoms with E-state index >= 15 is 0 Å². The van der Waals surface area contributed by atoms with Crippen LogP contribution in [0.3, 0.4) is 0 Å². The molecule has 0 radical (unpaired) electrons. The summed E-state index contributed by atoms with van der Waals surface area (Å²) in [5.41, 5.74) is 0.660. The van der Waals surface area contributed by atoms with E-state index in [4.69, 9.17) is 5.11 Å². The summed E-state index contributed by atoms with van der Waals surface area (Å²) >= 11 is 0. The summed E-state index contributed by atoms with van der Waals surface area (Å²) in [6.07, 6.45) is 6.38. The minimum atomic E-state index is -0.778. The highest BCUT2D eigenvalue weighted by Crippen LogP contribution is 2.37. The number of aryl methyl sites for hydroxylation is 1. The Hall–Kier alpha value is -1.65. The van der Waals surface area contributed by atoms with Crippen molar-refractivity contribution >= 4 is 11.9 Å². The van der Waals surface area contributed by atoms with Crippen LogP contribution in [0.1, 0.15) is 31.2 Å². The molecule has 1 fully saturated rings. The second-order valence-corrected chi connectivity index (χ2v) is 4.41. The lowest BCUT2D eigenvalue weighted by Gasteiger charge is -2.41. The van der Waals surface area contributed by atoms with Gasteiger partial charge in [0.25, 0.3) is 0 Å². The van der Waals surface area contributed by atoms with Crippen molar-refractivity contribution in [3.63, 3.8) is 0 Å². The van der Waals surface area contributed by atoms with Gasteiger partial charge in [-0.05, 0) is 31.7 Å². The van der Waals surface area contributed by atoms with Crippen LogP contribution in [0.5, 0.6) is 0 Å². The molecular formula is C11H15N3O2. The molecule has 2 rings (SSSR count).